The average Bonchev–Trinajstić information content (AvgIpc) is 2.75. The normalized spacial score (nSPS) is 39.6. The van der Waals surface area contributed by atoms with E-state index in [0.29, 0.717) is 12.0 Å². The van der Waals surface area contributed by atoms with Gasteiger partial charge in [-0.2, -0.15) is 0 Å². The van der Waals surface area contributed by atoms with Crippen LogP contribution < -0.4 is 10.6 Å². The Hall–Kier alpha value is -0.220. The smallest absolute Gasteiger partial charge is 0.238 e. The van der Waals surface area contributed by atoms with Crippen molar-refractivity contribution >= 4 is 17.7 Å². The molecule has 0 aromatic rings. The molecule has 1 amide bonds. The summed E-state index contributed by atoms with van der Waals surface area (Å²) >= 11 is 1.80. The minimum atomic E-state index is 0.0385. The van der Waals surface area contributed by atoms with Gasteiger partial charge in [0.15, 0.2) is 0 Å². The minimum absolute atomic E-state index is 0.0385. The number of nitrogens with one attached hydrogen (secondary N) is 2. The van der Waals surface area contributed by atoms with Crippen LogP contribution in [0.1, 0.15) is 33.1 Å². The first-order valence-electron chi connectivity index (χ1n) is 6.28. The van der Waals surface area contributed by atoms with Gasteiger partial charge in [-0.05, 0) is 31.1 Å². The molecule has 1 saturated carbocycles. The van der Waals surface area contributed by atoms with Crippen molar-refractivity contribution in [1.29, 1.82) is 0 Å². The van der Waals surface area contributed by atoms with Gasteiger partial charge in [0.25, 0.3) is 0 Å². The van der Waals surface area contributed by atoms with Crippen molar-refractivity contribution in [3.63, 3.8) is 0 Å². The lowest BCUT2D eigenvalue weighted by atomic mass is 9.80. The summed E-state index contributed by atoms with van der Waals surface area (Å²) in [6.07, 6.45) is 3.65. The second-order valence-corrected chi connectivity index (χ2v) is 6.31. The van der Waals surface area contributed by atoms with Crippen LogP contribution in [0.2, 0.25) is 0 Å². The maximum atomic E-state index is 12.0. The van der Waals surface area contributed by atoms with E-state index in [-0.39, 0.29) is 11.9 Å². The van der Waals surface area contributed by atoms with Gasteiger partial charge in [0, 0.05) is 17.7 Å². The summed E-state index contributed by atoms with van der Waals surface area (Å²) in [7, 11) is 0. The van der Waals surface area contributed by atoms with Crippen LogP contribution in [-0.4, -0.2) is 29.6 Å². The van der Waals surface area contributed by atoms with Gasteiger partial charge in [0.1, 0.15) is 0 Å². The van der Waals surface area contributed by atoms with E-state index in [9.17, 15) is 4.79 Å². The van der Waals surface area contributed by atoms with Gasteiger partial charge < -0.3 is 5.32 Å². The van der Waals surface area contributed by atoms with Crippen LogP contribution in [0.5, 0.6) is 0 Å². The van der Waals surface area contributed by atoms with Crippen LogP contribution in [-0.2, 0) is 4.79 Å². The minimum Gasteiger partial charge on any atom is -0.352 e. The molecule has 4 heteroatoms. The Morgan fingerprint density at radius 3 is 2.81 bits per heavy atom. The first kappa shape index (κ1) is 12.2. The highest BCUT2D eigenvalue weighted by Crippen LogP contribution is 2.28. The zero-order chi connectivity index (χ0) is 11.5. The van der Waals surface area contributed by atoms with Crippen molar-refractivity contribution in [2.24, 2.45) is 11.8 Å². The van der Waals surface area contributed by atoms with E-state index >= 15 is 0 Å². The number of carbonyl (C=O) groups is 1. The van der Waals surface area contributed by atoms with Crippen LogP contribution in [0.3, 0.4) is 0 Å². The molecule has 0 aromatic carbocycles. The van der Waals surface area contributed by atoms with Crippen LogP contribution >= 0.6 is 11.8 Å². The number of amides is 1. The van der Waals surface area contributed by atoms with Crippen LogP contribution in [0.4, 0.5) is 0 Å². The monoisotopic (exact) mass is 242 g/mol. The van der Waals surface area contributed by atoms with Crippen molar-refractivity contribution in [1.82, 2.24) is 10.6 Å². The maximum Gasteiger partial charge on any atom is 0.238 e. The predicted molar refractivity (Wildman–Crippen MR) is 68.4 cm³/mol. The lowest BCUT2D eigenvalue weighted by Crippen LogP contribution is -2.49. The molecule has 3 nitrogen and oxygen atoms in total. The topological polar surface area (TPSA) is 41.1 Å². The van der Waals surface area contributed by atoms with E-state index in [0.717, 1.165) is 24.0 Å². The average molecular weight is 242 g/mol. The van der Waals surface area contributed by atoms with Crippen LogP contribution in [0.15, 0.2) is 0 Å². The van der Waals surface area contributed by atoms with E-state index < -0.39 is 0 Å². The highest BCUT2D eigenvalue weighted by atomic mass is 32.2. The van der Waals surface area contributed by atoms with Gasteiger partial charge in [-0.25, -0.2) is 0 Å². The zero-order valence-corrected chi connectivity index (χ0v) is 11.0. The van der Waals surface area contributed by atoms with E-state index in [1.165, 1.54) is 12.8 Å². The van der Waals surface area contributed by atoms with E-state index in [1.54, 1.807) is 11.8 Å². The largest absolute Gasteiger partial charge is 0.352 e. The Morgan fingerprint density at radius 1 is 1.38 bits per heavy atom. The molecule has 2 fully saturated rings. The Balaban J connectivity index is 1.82. The number of hydrogen-bond donors (Lipinski definition) is 2. The van der Waals surface area contributed by atoms with Gasteiger partial charge in [-0.1, -0.05) is 13.8 Å². The fourth-order valence-corrected chi connectivity index (χ4v) is 3.67. The second kappa shape index (κ2) is 5.41. The van der Waals surface area contributed by atoms with Gasteiger partial charge in [0.05, 0.1) is 6.04 Å². The Kier molecular flexibility index (Phi) is 4.14. The molecule has 1 saturated heterocycles. The highest BCUT2D eigenvalue weighted by molar-refractivity contribution is 7.99. The summed E-state index contributed by atoms with van der Waals surface area (Å²) < 4.78 is 0. The molecule has 0 bridgehead atoms. The second-order valence-electron chi connectivity index (χ2n) is 5.28. The van der Waals surface area contributed by atoms with Gasteiger partial charge in [-0.3, -0.25) is 10.1 Å². The molecule has 2 aliphatic rings. The van der Waals surface area contributed by atoms with E-state index in [2.05, 4.69) is 24.5 Å². The zero-order valence-electron chi connectivity index (χ0n) is 10.2. The van der Waals surface area contributed by atoms with E-state index in [1.807, 2.05) is 0 Å². The number of rotatable bonds is 2. The summed E-state index contributed by atoms with van der Waals surface area (Å²) in [5.41, 5.74) is 0. The Labute approximate surface area is 102 Å². The first-order valence-corrected chi connectivity index (χ1v) is 7.44. The first-order chi connectivity index (χ1) is 7.66. The van der Waals surface area contributed by atoms with Gasteiger partial charge >= 0.3 is 0 Å². The van der Waals surface area contributed by atoms with Gasteiger partial charge in [-0.15, -0.1) is 11.8 Å². The van der Waals surface area contributed by atoms with Crippen molar-refractivity contribution in [3.05, 3.63) is 0 Å². The van der Waals surface area contributed by atoms with Crippen molar-refractivity contribution in [2.75, 3.05) is 11.6 Å². The summed E-state index contributed by atoms with van der Waals surface area (Å²) in [5, 5.41) is 6.44. The fraction of sp³-hybridized carbons (Fsp3) is 0.917. The molecule has 2 rings (SSSR count). The number of carbonyl (C=O) groups excluding carboxylic acids is 1. The summed E-state index contributed by atoms with van der Waals surface area (Å²) in [5.74, 6) is 3.49. The summed E-state index contributed by atoms with van der Waals surface area (Å²) in [4.78, 5) is 12.0. The molecule has 1 heterocycles. The molecule has 16 heavy (non-hydrogen) atoms. The molecule has 0 spiro atoms. The molecule has 4 unspecified atom stereocenters. The SMILES string of the molecule is CC1CCC(NC(=O)C2CSCN2)C(C)C1. The predicted octanol–water partition coefficient (Wildman–Crippen LogP) is 1.59. The molecule has 1 aliphatic heterocycles. The highest BCUT2D eigenvalue weighted by Gasteiger charge is 2.29. The van der Waals surface area contributed by atoms with Crippen molar-refractivity contribution in [2.45, 2.75) is 45.2 Å². The lowest BCUT2D eigenvalue weighted by molar-refractivity contribution is -0.123. The molecule has 92 valence electrons. The molecule has 0 radical (unpaired) electrons. The summed E-state index contributed by atoms with van der Waals surface area (Å²) in [6.45, 7) is 4.57. The van der Waals surface area contributed by atoms with Crippen LogP contribution in [0, 0.1) is 11.8 Å². The fourth-order valence-electron chi connectivity index (χ4n) is 2.73. The Bertz CT molecular complexity index is 253. The molecule has 1 aliphatic carbocycles. The number of hydrogen-bond acceptors (Lipinski definition) is 3. The Morgan fingerprint density at radius 2 is 2.19 bits per heavy atom. The molecule has 2 N–H and O–H groups in total. The van der Waals surface area contributed by atoms with Crippen molar-refractivity contribution in [3.8, 4) is 0 Å². The standard InChI is InChI=1S/C12H22N2OS/c1-8-3-4-10(9(2)5-8)14-12(15)11-6-16-7-13-11/h8-11,13H,3-7H2,1-2H3,(H,14,15). The molecule has 0 aromatic heterocycles. The third-order valence-electron chi connectivity index (χ3n) is 3.79. The molecule has 4 atom stereocenters. The molecular formula is C12H22N2OS. The lowest BCUT2D eigenvalue weighted by Gasteiger charge is -2.33. The van der Waals surface area contributed by atoms with Crippen molar-refractivity contribution < 1.29 is 4.79 Å². The quantitative estimate of drug-likeness (QED) is 0.772. The summed E-state index contributed by atoms with van der Waals surface area (Å²) in [6, 6.07) is 0.438. The maximum absolute atomic E-state index is 12.0. The van der Waals surface area contributed by atoms with Gasteiger partial charge in [0.2, 0.25) is 5.91 Å². The third-order valence-corrected chi connectivity index (χ3v) is 4.73. The third kappa shape index (κ3) is 2.92. The number of thioether (sulfide) groups is 1. The van der Waals surface area contributed by atoms with Crippen LogP contribution in [0.25, 0.3) is 0 Å². The van der Waals surface area contributed by atoms with E-state index in [4.69, 9.17) is 0 Å². The molecular weight excluding hydrogens is 220 g/mol.